The number of hydrogen-bond donors (Lipinski definition) is 1. The summed E-state index contributed by atoms with van der Waals surface area (Å²) >= 11 is 0. The number of benzene rings is 1. The Morgan fingerprint density at radius 1 is 1.00 bits per heavy atom. The molecule has 2 unspecified atom stereocenters. The maximum absolute atomic E-state index is 6.82. The molecule has 7 rings (SSSR count). The van der Waals surface area contributed by atoms with Crippen molar-refractivity contribution in [2.24, 2.45) is 11.8 Å². The molecule has 0 amide bonds. The average molecular weight is 525 g/mol. The van der Waals surface area contributed by atoms with Crippen molar-refractivity contribution in [3.8, 4) is 16.9 Å². The van der Waals surface area contributed by atoms with Crippen LogP contribution in [0.3, 0.4) is 0 Å². The number of rotatable bonds is 5. The van der Waals surface area contributed by atoms with Gasteiger partial charge in [0.05, 0.1) is 24.6 Å². The van der Waals surface area contributed by atoms with Crippen molar-refractivity contribution in [3.05, 3.63) is 53.4 Å². The SMILES string of the molecule is COc1ccc(N2CCC(N3CCCCC3)CC2)cc1-c1cnn2c(N)c(C3=CC(C)=CC4CC34)c(C)nc12. The largest absolute Gasteiger partial charge is 0.496 e. The van der Waals surface area contributed by atoms with Gasteiger partial charge in [-0.25, -0.2) is 4.98 Å². The maximum atomic E-state index is 6.82. The number of fused-ring (bicyclic) bond motifs is 2. The van der Waals surface area contributed by atoms with E-state index in [9.17, 15) is 0 Å². The number of anilines is 2. The molecule has 7 nitrogen and oxygen atoms in total. The maximum Gasteiger partial charge on any atom is 0.165 e. The lowest BCUT2D eigenvalue weighted by atomic mass is 9.93. The quantitative estimate of drug-likeness (QED) is 0.460. The Kier molecular flexibility index (Phi) is 6.14. The Bertz CT molecular complexity index is 1470. The summed E-state index contributed by atoms with van der Waals surface area (Å²) in [5.74, 6) is 2.70. The summed E-state index contributed by atoms with van der Waals surface area (Å²) in [4.78, 5) is 10.3. The van der Waals surface area contributed by atoms with Gasteiger partial charge < -0.3 is 20.3 Å². The summed E-state index contributed by atoms with van der Waals surface area (Å²) in [6.07, 6.45) is 14.3. The molecule has 2 aromatic heterocycles. The number of methoxy groups -OCH3 is 1. The van der Waals surface area contributed by atoms with E-state index in [0.29, 0.717) is 17.7 Å². The summed E-state index contributed by atoms with van der Waals surface area (Å²) in [7, 11) is 1.73. The second kappa shape index (κ2) is 9.70. The van der Waals surface area contributed by atoms with E-state index >= 15 is 0 Å². The molecule has 7 heteroatoms. The monoisotopic (exact) mass is 524 g/mol. The highest BCUT2D eigenvalue weighted by atomic mass is 16.5. The van der Waals surface area contributed by atoms with Crippen LogP contribution in [0.5, 0.6) is 5.75 Å². The Hall–Kier alpha value is -3.32. The highest BCUT2D eigenvalue weighted by molar-refractivity contribution is 5.87. The van der Waals surface area contributed by atoms with Crippen LogP contribution in [0.4, 0.5) is 11.5 Å². The van der Waals surface area contributed by atoms with E-state index in [4.69, 9.17) is 20.6 Å². The Morgan fingerprint density at radius 3 is 2.56 bits per heavy atom. The van der Waals surface area contributed by atoms with Crippen LogP contribution in [-0.4, -0.2) is 58.8 Å². The second-order valence-corrected chi connectivity index (χ2v) is 12.0. The minimum atomic E-state index is 0.555. The molecule has 2 saturated heterocycles. The Balaban J connectivity index is 1.21. The third-order valence-electron chi connectivity index (χ3n) is 9.46. The number of aromatic nitrogens is 3. The number of piperidine rings is 2. The van der Waals surface area contributed by atoms with E-state index < -0.39 is 0 Å². The lowest BCUT2D eigenvalue weighted by Gasteiger charge is -2.41. The normalized spacial score (nSPS) is 23.9. The predicted octanol–water partition coefficient (Wildman–Crippen LogP) is 5.73. The molecule has 2 aliphatic heterocycles. The third kappa shape index (κ3) is 4.31. The molecule has 4 aliphatic rings. The lowest BCUT2D eigenvalue weighted by Crippen LogP contribution is -2.46. The molecule has 2 aliphatic carbocycles. The summed E-state index contributed by atoms with van der Waals surface area (Å²) in [5.41, 5.74) is 15.4. The van der Waals surface area contributed by atoms with Crippen molar-refractivity contribution >= 4 is 22.7 Å². The van der Waals surface area contributed by atoms with Crippen molar-refractivity contribution in [1.29, 1.82) is 0 Å². The number of nitrogens with zero attached hydrogens (tertiary/aromatic N) is 5. The van der Waals surface area contributed by atoms with Crippen LogP contribution in [0.25, 0.3) is 22.3 Å². The van der Waals surface area contributed by atoms with Crippen molar-refractivity contribution in [3.63, 3.8) is 0 Å². The van der Waals surface area contributed by atoms with Crippen molar-refractivity contribution in [2.75, 3.05) is 43.9 Å². The zero-order valence-corrected chi connectivity index (χ0v) is 23.5. The number of likely N-dealkylation sites (tertiary alicyclic amines) is 1. The van der Waals surface area contributed by atoms with Crippen LogP contribution in [0.1, 0.15) is 56.7 Å². The van der Waals surface area contributed by atoms with Gasteiger partial charge in [-0.15, -0.1) is 0 Å². The molecule has 1 aromatic carbocycles. The van der Waals surface area contributed by atoms with Gasteiger partial charge in [0, 0.05) is 35.9 Å². The molecular formula is C32H40N6O. The molecule has 3 aromatic rings. The zero-order valence-electron chi connectivity index (χ0n) is 23.5. The highest BCUT2D eigenvalue weighted by Gasteiger charge is 2.42. The first kappa shape index (κ1) is 24.7. The predicted molar refractivity (Wildman–Crippen MR) is 158 cm³/mol. The number of ether oxygens (including phenoxy) is 1. The van der Waals surface area contributed by atoms with Gasteiger partial charge in [0.2, 0.25) is 0 Å². The van der Waals surface area contributed by atoms with Crippen LogP contribution in [0.2, 0.25) is 0 Å². The van der Waals surface area contributed by atoms with Crippen LogP contribution in [-0.2, 0) is 0 Å². The minimum Gasteiger partial charge on any atom is -0.496 e. The van der Waals surface area contributed by atoms with Crippen molar-refractivity contribution in [2.45, 2.75) is 58.4 Å². The van der Waals surface area contributed by atoms with E-state index in [2.05, 4.69) is 54.0 Å². The Labute approximate surface area is 231 Å². The van der Waals surface area contributed by atoms with Crippen LogP contribution < -0.4 is 15.4 Å². The van der Waals surface area contributed by atoms with E-state index in [1.807, 2.05) is 10.7 Å². The smallest absolute Gasteiger partial charge is 0.165 e. The van der Waals surface area contributed by atoms with Gasteiger partial charge in [-0.3, -0.25) is 0 Å². The van der Waals surface area contributed by atoms with Gasteiger partial charge in [0.25, 0.3) is 0 Å². The Morgan fingerprint density at radius 2 is 1.79 bits per heavy atom. The fraction of sp³-hybridized carbons (Fsp3) is 0.500. The van der Waals surface area contributed by atoms with Gasteiger partial charge >= 0.3 is 0 Å². The topological polar surface area (TPSA) is 71.9 Å². The molecule has 204 valence electrons. The van der Waals surface area contributed by atoms with Gasteiger partial charge in [-0.05, 0) is 94.6 Å². The van der Waals surface area contributed by atoms with Gasteiger partial charge in [0.15, 0.2) is 5.65 Å². The molecular weight excluding hydrogens is 484 g/mol. The standard InChI is InChI=1S/C32H40N6O/c1-20-15-22-17-25(22)27(16-20)30-21(2)35-32-28(19-34-38(32)31(30)33)26-18-24(7-8-29(26)39-3)37-13-9-23(10-14-37)36-11-5-4-6-12-36/h7-8,15-16,18-19,22-23,25H,4-6,9-14,17,33H2,1-3H3. The minimum absolute atomic E-state index is 0.555. The number of nitrogens with two attached hydrogens (primary N) is 1. The molecule has 2 N–H and O–H groups in total. The van der Waals surface area contributed by atoms with Crippen LogP contribution in [0, 0.1) is 18.8 Å². The van der Waals surface area contributed by atoms with E-state index in [0.717, 1.165) is 52.9 Å². The van der Waals surface area contributed by atoms with Gasteiger partial charge in [-0.1, -0.05) is 24.1 Å². The van der Waals surface area contributed by atoms with E-state index in [1.165, 1.54) is 68.4 Å². The first-order valence-corrected chi connectivity index (χ1v) is 14.7. The lowest BCUT2D eigenvalue weighted by molar-refractivity contribution is 0.141. The second-order valence-electron chi connectivity index (χ2n) is 12.0. The molecule has 4 heterocycles. The first-order chi connectivity index (χ1) is 19.0. The highest BCUT2D eigenvalue weighted by Crippen LogP contribution is 2.53. The molecule has 1 saturated carbocycles. The molecule has 0 bridgehead atoms. The number of aryl methyl sites for hydroxylation is 1. The zero-order chi connectivity index (χ0) is 26.7. The number of nitrogen functional groups attached to an aromatic ring is 1. The van der Waals surface area contributed by atoms with Crippen LogP contribution >= 0.6 is 0 Å². The summed E-state index contributed by atoms with van der Waals surface area (Å²) in [6, 6.07) is 7.26. The molecule has 39 heavy (non-hydrogen) atoms. The fourth-order valence-corrected chi connectivity index (χ4v) is 7.31. The summed E-state index contributed by atoms with van der Waals surface area (Å²) in [6.45, 7) is 8.97. The molecule has 0 spiro atoms. The first-order valence-electron chi connectivity index (χ1n) is 14.7. The number of hydrogen-bond acceptors (Lipinski definition) is 6. The number of allylic oxidation sites excluding steroid dienone is 4. The van der Waals surface area contributed by atoms with Crippen molar-refractivity contribution in [1.82, 2.24) is 19.5 Å². The molecule has 2 atom stereocenters. The van der Waals surface area contributed by atoms with Gasteiger partial charge in [0.1, 0.15) is 11.6 Å². The fourth-order valence-electron chi connectivity index (χ4n) is 7.31. The van der Waals surface area contributed by atoms with Crippen molar-refractivity contribution < 1.29 is 4.74 Å². The van der Waals surface area contributed by atoms with Crippen LogP contribution in [0.15, 0.2) is 42.1 Å². The van der Waals surface area contributed by atoms with E-state index in [-0.39, 0.29) is 0 Å². The molecule has 0 radical (unpaired) electrons. The third-order valence-corrected chi connectivity index (χ3v) is 9.46. The van der Waals surface area contributed by atoms with E-state index in [1.54, 1.807) is 7.11 Å². The summed E-state index contributed by atoms with van der Waals surface area (Å²) in [5, 5.41) is 4.74. The van der Waals surface area contributed by atoms with Gasteiger partial charge in [-0.2, -0.15) is 9.61 Å². The molecule has 3 fully saturated rings. The summed E-state index contributed by atoms with van der Waals surface area (Å²) < 4.78 is 7.65. The average Bonchev–Trinajstić information content (AvgIpc) is 3.62.